The van der Waals surface area contributed by atoms with Crippen LogP contribution < -0.4 is 5.32 Å². The first-order valence-electron chi connectivity index (χ1n) is 23.4. The molecule has 59 heavy (non-hydrogen) atoms. The third kappa shape index (κ3) is 21.6. The fourth-order valence-electron chi connectivity index (χ4n) is 7.82. The van der Waals surface area contributed by atoms with Gasteiger partial charge < -0.3 is 65.1 Å². The molecule has 0 spiro atoms. The second kappa shape index (κ2) is 33.3. The average Bonchev–Trinajstić information content (AvgIpc) is 3.23. The van der Waals surface area contributed by atoms with Crippen LogP contribution in [0.5, 0.6) is 0 Å². The quantitative estimate of drug-likeness (QED) is 0.0308. The number of ether oxygens (including phenoxy) is 4. The third-order valence-electron chi connectivity index (χ3n) is 11.7. The molecule has 2 heterocycles. The summed E-state index contributed by atoms with van der Waals surface area (Å²) in [5.41, 5.74) is 0. The molecular formula is C45H85NO13. The van der Waals surface area contributed by atoms with E-state index in [9.17, 15) is 45.6 Å². The molecule has 0 bridgehead atoms. The molecule has 0 aromatic carbocycles. The van der Waals surface area contributed by atoms with Gasteiger partial charge in [0.2, 0.25) is 5.91 Å². The second-order valence-electron chi connectivity index (χ2n) is 16.9. The number of rotatable bonds is 35. The number of aliphatic hydroxyl groups excluding tert-OH is 8. The van der Waals surface area contributed by atoms with Crippen LogP contribution >= 0.6 is 0 Å². The number of aliphatic hydroxyl groups is 8. The van der Waals surface area contributed by atoms with Crippen molar-refractivity contribution in [2.45, 2.75) is 248 Å². The zero-order valence-corrected chi connectivity index (χ0v) is 36.5. The number of allylic oxidation sites excluding steroid dienone is 1. The molecule has 0 saturated carbocycles. The molecule has 12 unspecified atom stereocenters. The molecule has 0 aromatic heterocycles. The molecule has 12 atom stereocenters. The largest absolute Gasteiger partial charge is 0.394 e. The van der Waals surface area contributed by atoms with E-state index in [-0.39, 0.29) is 18.9 Å². The Labute approximate surface area is 355 Å². The minimum absolute atomic E-state index is 0.241. The van der Waals surface area contributed by atoms with E-state index in [2.05, 4.69) is 19.2 Å². The Morgan fingerprint density at radius 1 is 0.593 bits per heavy atom. The topological polar surface area (TPSA) is 228 Å². The molecule has 1 amide bonds. The summed E-state index contributed by atoms with van der Waals surface area (Å²) >= 11 is 0. The van der Waals surface area contributed by atoms with Gasteiger partial charge >= 0.3 is 0 Å². The van der Waals surface area contributed by atoms with Crippen molar-refractivity contribution in [3.63, 3.8) is 0 Å². The Bertz CT molecular complexity index is 1050. The summed E-state index contributed by atoms with van der Waals surface area (Å²) in [4.78, 5) is 13.1. The van der Waals surface area contributed by atoms with Gasteiger partial charge in [0, 0.05) is 6.42 Å². The van der Waals surface area contributed by atoms with Gasteiger partial charge in [-0.2, -0.15) is 0 Å². The molecule has 0 radical (unpaired) electrons. The van der Waals surface area contributed by atoms with Crippen molar-refractivity contribution < 1.29 is 64.6 Å². The fourth-order valence-corrected chi connectivity index (χ4v) is 7.82. The lowest BCUT2D eigenvalue weighted by Crippen LogP contribution is -2.65. The van der Waals surface area contributed by atoms with Crippen LogP contribution in [0.15, 0.2) is 12.2 Å². The zero-order chi connectivity index (χ0) is 43.3. The first-order valence-corrected chi connectivity index (χ1v) is 23.4. The molecule has 2 aliphatic rings. The molecule has 9 N–H and O–H groups in total. The van der Waals surface area contributed by atoms with Crippen LogP contribution in [0.4, 0.5) is 0 Å². The summed E-state index contributed by atoms with van der Waals surface area (Å²) in [6.07, 6.45) is 15.5. The lowest BCUT2D eigenvalue weighted by atomic mass is 9.97. The smallest absolute Gasteiger partial charge is 0.220 e. The van der Waals surface area contributed by atoms with Crippen molar-refractivity contribution in [2.75, 3.05) is 19.8 Å². The molecule has 2 fully saturated rings. The van der Waals surface area contributed by atoms with E-state index < -0.39 is 86.8 Å². The summed E-state index contributed by atoms with van der Waals surface area (Å²) in [5, 5.41) is 86.3. The van der Waals surface area contributed by atoms with Gasteiger partial charge in [0.1, 0.15) is 48.8 Å². The number of hydrogen-bond acceptors (Lipinski definition) is 13. The standard InChI is InChI=1S/C45H85NO13/c1-3-5-7-9-11-13-14-15-16-17-18-19-21-23-25-27-29-37(50)46-33(34(49)28-26-24-22-20-12-10-8-6-4-2)32-56-44-42(55)40(53)43(36(31-48)58-44)59-45-41(54)39(52)38(51)35(30-47)57-45/h26,28,33-36,38-45,47-49,51-55H,3-25,27,29-32H2,1-2H3,(H,46,50)/b28-26+. The highest BCUT2D eigenvalue weighted by atomic mass is 16.7. The number of unbranched alkanes of at least 4 members (excludes halogenated alkanes) is 22. The highest BCUT2D eigenvalue weighted by Gasteiger charge is 2.50. The second-order valence-corrected chi connectivity index (χ2v) is 16.9. The van der Waals surface area contributed by atoms with Crippen molar-refractivity contribution in [2.24, 2.45) is 0 Å². The van der Waals surface area contributed by atoms with Crippen LogP contribution in [0.25, 0.3) is 0 Å². The fraction of sp³-hybridized carbons (Fsp3) is 0.933. The third-order valence-corrected chi connectivity index (χ3v) is 11.7. The van der Waals surface area contributed by atoms with Crippen molar-refractivity contribution >= 4 is 5.91 Å². The first kappa shape index (κ1) is 53.9. The minimum atomic E-state index is -1.78. The van der Waals surface area contributed by atoms with Gasteiger partial charge in [-0.15, -0.1) is 0 Å². The van der Waals surface area contributed by atoms with Gasteiger partial charge in [-0.05, 0) is 19.3 Å². The van der Waals surface area contributed by atoms with Gasteiger partial charge in [-0.25, -0.2) is 0 Å². The predicted octanol–water partition coefficient (Wildman–Crippen LogP) is 4.82. The Morgan fingerprint density at radius 3 is 1.56 bits per heavy atom. The van der Waals surface area contributed by atoms with E-state index in [1.54, 1.807) is 6.08 Å². The van der Waals surface area contributed by atoms with Crippen LogP contribution in [0.2, 0.25) is 0 Å². The molecule has 348 valence electrons. The summed E-state index contributed by atoms with van der Waals surface area (Å²) < 4.78 is 22.6. The Morgan fingerprint density at radius 2 is 1.05 bits per heavy atom. The van der Waals surface area contributed by atoms with Gasteiger partial charge in [0.15, 0.2) is 12.6 Å². The van der Waals surface area contributed by atoms with Crippen LogP contribution in [0.1, 0.15) is 174 Å². The monoisotopic (exact) mass is 848 g/mol. The number of carbonyl (C=O) groups is 1. The average molecular weight is 848 g/mol. The van der Waals surface area contributed by atoms with Crippen LogP contribution in [-0.4, -0.2) is 140 Å². The molecule has 2 aliphatic heterocycles. The lowest BCUT2D eigenvalue weighted by Gasteiger charge is -2.46. The van der Waals surface area contributed by atoms with Gasteiger partial charge in [0.25, 0.3) is 0 Å². The number of amides is 1. The Balaban J connectivity index is 1.85. The van der Waals surface area contributed by atoms with E-state index in [4.69, 9.17) is 18.9 Å². The highest BCUT2D eigenvalue weighted by molar-refractivity contribution is 5.76. The number of hydrogen-bond donors (Lipinski definition) is 9. The maximum absolute atomic E-state index is 13.1. The molecular weight excluding hydrogens is 762 g/mol. The maximum Gasteiger partial charge on any atom is 0.220 e. The van der Waals surface area contributed by atoms with Crippen LogP contribution in [0.3, 0.4) is 0 Å². The SMILES string of the molecule is CCCCCCCCC/C=C/C(O)C(COC1OC(CO)C(OC2OC(CO)C(O)C(O)C2O)C(O)C1O)NC(=O)CCCCCCCCCCCCCCCCCC. The van der Waals surface area contributed by atoms with E-state index in [0.29, 0.717) is 6.42 Å². The summed E-state index contributed by atoms with van der Waals surface area (Å²) in [6, 6.07) is -0.905. The normalized spacial score (nSPS) is 28.6. The minimum Gasteiger partial charge on any atom is -0.394 e. The lowest BCUT2D eigenvalue weighted by molar-refractivity contribution is -0.359. The van der Waals surface area contributed by atoms with Gasteiger partial charge in [-0.3, -0.25) is 4.79 Å². The van der Waals surface area contributed by atoms with E-state index in [1.165, 1.54) is 109 Å². The van der Waals surface area contributed by atoms with Gasteiger partial charge in [0.05, 0.1) is 32.0 Å². The van der Waals surface area contributed by atoms with E-state index in [0.717, 1.165) is 38.5 Å². The molecule has 2 rings (SSSR count). The van der Waals surface area contributed by atoms with Crippen molar-refractivity contribution in [3.05, 3.63) is 12.2 Å². The maximum atomic E-state index is 13.1. The van der Waals surface area contributed by atoms with Crippen molar-refractivity contribution in [3.8, 4) is 0 Å². The van der Waals surface area contributed by atoms with Crippen LogP contribution in [-0.2, 0) is 23.7 Å². The van der Waals surface area contributed by atoms with E-state index in [1.807, 2.05) is 6.08 Å². The number of nitrogens with one attached hydrogen (secondary N) is 1. The van der Waals surface area contributed by atoms with E-state index >= 15 is 0 Å². The summed E-state index contributed by atoms with van der Waals surface area (Å²) in [7, 11) is 0. The van der Waals surface area contributed by atoms with Crippen LogP contribution in [0, 0.1) is 0 Å². The Kier molecular flexibility index (Phi) is 30.4. The highest BCUT2D eigenvalue weighted by Crippen LogP contribution is 2.30. The molecule has 0 aromatic rings. The van der Waals surface area contributed by atoms with Crippen molar-refractivity contribution in [1.82, 2.24) is 5.32 Å². The molecule has 14 nitrogen and oxygen atoms in total. The predicted molar refractivity (Wildman–Crippen MR) is 226 cm³/mol. The zero-order valence-electron chi connectivity index (χ0n) is 36.5. The molecule has 0 aliphatic carbocycles. The molecule has 2 saturated heterocycles. The van der Waals surface area contributed by atoms with Crippen molar-refractivity contribution in [1.29, 1.82) is 0 Å². The molecule has 14 heteroatoms. The summed E-state index contributed by atoms with van der Waals surface area (Å²) in [5.74, 6) is -0.241. The van der Waals surface area contributed by atoms with Gasteiger partial charge in [-0.1, -0.05) is 161 Å². The Hall–Kier alpha value is -1.27. The summed E-state index contributed by atoms with van der Waals surface area (Å²) in [6.45, 7) is 2.74. The number of carbonyl (C=O) groups excluding carboxylic acids is 1. The first-order chi connectivity index (χ1) is 28.6.